The van der Waals surface area contributed by atoms with Gasteiger partial charge in [0.25, 0.3) is 0 Å². The van der Waals surface area contributed by atoms with E-state index >= 15 is 0 Å². The van der Waals surface area contributed by atoms with Gasteiger partial charge in [-0.25, -0.2) is 9.36 Å². The van der Waals surface area contributed by atoms with E-state index in [1.165, 1.54) is 4.68 Å². The summed E-state index contributed by atoms with van der Waals surface area (Å²) < 4.78 is 2.87. The normalized spacial score (nSPS) is 11.6. The number of nitrogen functional groups attached to an aromatic ring is 1. The minimum absolute atomic E-state index is 0.0358. The van der Waals surface area contributed by atoms with Crippen molar-refractivity contribution in [3.05, 3.63) is 106 Å². The van der Waals surface area contributed by atoms with Crippen molar-refractivity contribution in [1.29, 1.82) is 0 Å². The molecular formula is C25H20ClN9O. The molecule has 0 aliphatic heterocycles. The molecule has 36 heavy (non-hydrogen) atoms. The Kier molecular flexibility index (Phi) is 6.25. The van der Waals surface area contributed by atoms with Crippen LogP contribution in [0.3, 0.4) is 0 Å². The number of halogens is 1. The van der Waals surface area contributed by atoms with Crippen LogP contribution in [0.5, 0.6) is 0 Å². The molecular weight excluding hydrogens is 478 g/mol. The van der Waals surface area contributed by atoms with Gasteiger partial charge in [-0.1, -0.05) is 48.0 Å². The highest BCUT2D eigenvalue weighted by molar-refractivity contribution is 6.30. The highest BCUT2D eigenvalue weighted by Gasteiger charge is 2.19. The first-order chi connectivity index (χ1) is 17.5. The number of benzene rings is 3. The van der Waals surface area contributed by atoms with Crippen LogP contribution in [0, 0.1) is 6.92 Å². The smallest absolute Gasteiger partial charge is 0.301 e. The van der Waals surface area contributed by atoms with E-state index < -0.39 is 5.56 Å². The third kappa shape index (κ3) is 4.57. The van der Waals surface area contributed by atoms with Crippen LogP contribution in [-0.2, 0) is 0 Å². The molecule has 0 unspecified atom stereocenters. The number of hydrogen-bond donors (Lipinski definition) is 2. The van der Waals surface area contributed by atoms with E-state index in [4.69, 9.17) is 17.3 Å². The summed E-state index contributed by atoms with van der Waals surface area (Å²) in [4.78, 5) is 13.0. The van der Waals surface area contributed by atoms with Gasteiger partial charge >= 0.3 is 5.56 Å². The monoisotopic (exact) mass is 497 g/mol. The number of para-hydroxylation sites is 1. The molecule has 0 fully saturated rings. The molecule has 0 aliphatic rings. The summed E-state index contributed by atoms with van der Waals surface area (Å²) >= 11 is 6.06. The van der Waals surface area contributed by atoms with Gasteiger partial charge in [0.1, 0.15) is 5.82 Å². The van der Waals surface area contributed by atoms with Crippen LogP contribution in [0.1, 0.15) is 5.69 Å². The maximum atomic E-state index is 13.0. The number of aromatic amines is 1. The van der Waals surface area contributed by atoms with Crippen molar-refractivity contribution in [2.45, 2.75) is 6.92 Å². The molecule has 0 aliphatic carbocycles. The molecule has 3 aromatic carbocycles. The Balaban J connectivity index is 1.61. The van der Waals surface area contributed by atoms with E-state index in [0.717, 1.165) is 0 Å². The van der Waals surface area contributed by atoms with E-state index in [-0.39, 0.29) is 17.3 Å². The van der Waals surface area contributed by atoms with Crippen molar-refractivity contribution < 1.29 is 0 Å². The molecule has 0 saturated carbocycles. The molecule has 3 N–H and O–H groups in total. The lowest BCUT2D eigenvalue weighted by Crippen LogP contribution is -2.13. The molecule has 2 heterocycles. The number of nitrogens with zero attached hydrogens (tertiary/aromatic N) is 7. The Hall–Kier alpha value is -4.83. The Morgan fingerprint density at radius 3 is 2.14 bits per heavy atom. The molecule has 178 valence electrons. The third-order valence-electron chi connectivity index (χ3n) is 5.25. The van der Waals surface area contributed by atoms with Gasteiger partial charge in [0.05, 0.1) is 22.8 Å². The first-order valence-corrected chi connectivity index (χ1v) is 11.3. The number of anilines is 1. The van der Waals surface area contributed by atoms with Crippen molar-refractivity contribution in [3.63, 3.8) is 0 Å². The Morgan fingerprint density at radius 1 is 0.806 bits per heavy atom. The molecule has 0 bridgehead atoms. The topological polar surface area (TPSA) is 131 Å². The molecule has 5 rings (SSSR count). The molecule has 0 atom stereocenters. The third-order valence-corrected chi connectivity index (χ3v) is 5.50. The first-order valence-electron chi connectivity index (χ1n) is 10.9. The number of hydrogen-bond acceptors (Lipinski definition) is 7. The quantitative estimate of drug-likeness (QED) is 0.252. The summed E-state index contributed by atoms with van der Waals surface area (Å²) in [6, 6.07) is 25.4. The van der Waals surface area contributed by atoms with E-state index in [0.29, 0.717) is 33.5 Å². The minimum Gasteiger partial charge on any atom is -0.382 e. The molecule has 5 aromatic rings. The van der Waals surface area contributed by atoms with Gasteiger partial charge < -0.3 is 5.73 Å². The fourth-order valence-electron chi connectivity index (χ4n) is 3.48. The minimum atomic E-state index is -0.441. The Labute approximate surface area is 210 Å². The molecule has 0 saturated heterocycles. The second-order valence-electron chi connectivity index (χ2n) is 7.73. The van der Waals surface area contributed by atoms with Crippen LogP contribution in [0.25, 0.3) is 11.4 Å². The molecule has 0 radical (unpaired) electrons. The standard InChI is InChI=1S/C25H20ClN9O/c1-16-21(29-28-18-8-4-2-5-9-18)24(34(32-16)20-14-12-17(26)13-15-20)31-30-22-23(27)33-35(25(22)36)19-10-6-3-7-11-19/h2-15,33H,27H2,1H3. The van der Waals surface area contributed by atoms with Crippen LogP contribution >= 0.6 is 11.6 Å². The summed E-state index contributed by atoms with van der Waals surface area (Å²) in [5.74, 6) is 0.357. The average molecular weight is 498 g/mol. The summed E-state index contributed by atoms with van der Waals surface area (Å²) in [5, 5.41) is 25.2. The maximum absolute atomic E-state index is 13.0. The van der Waals surface area contributed by atoms with E-state index in [2.05, 4.69) is 30.7 Å². The first kappa shape index (κ1) is 22.9. The Bertz CT molecular complexity index is 1620. The fourth-order valence-corrected chi connectivity index (χ4v) is 3.60. The van der Waals surface area contributed by atoms with Crippen molar-refractivity contribution in [1.82, 2.24) is 19.6 Å². The van der Waals surface area contributed by atoms with Crippen molar-refractivity contribution in [2.75, 3.05) is 5.73 Å². The molecule has 10 nitrogen and oxygen atoms in total. The number of rotatable bonds is 6. The maximum Gasteiger partial charge on any atom is 0.301 e. The van der Waals surface area contributed by atoms with E-state index in [1.807, 2.05) is 48.5 Å². The largest absolute Gasteiger partial charge is 0.382 e. The van der Waals surface area contributed by atoms with Gasteiger partial charge in [-0.05, 0) is 55.5 Å². The Morgan fingerprint density at radius 2 is 1.44 bits per heavy atom. The van der Waals surface area contributed by atoms with Gasteiger partial charge in [0.15, 0.2) is 11.4 Å². The van der Waals surface area contributed by atoms with Gasteiger partial charge in [-0.3, -0.25) is 9.89 Å². The lowest BCUT2D eigenvalue weighted by Gasteiger charge is -2.03. The van der Waals surface area contributed by atoms with Crippen LogP contribution in [-0.4, -0.2) is 19.6 Å². The number of nitrogens with two attached hydrogens (primary N) is 1. The summed E-state index contributed by atoms with van der Waals surface area (Å²) in [5.41, 5.74) is 8.54. The summed E-state index contributed by atoms with van der Waals surface area (Å²) in [6.07, 6.45) is 0. The van der Waals surface area contributed by atoms with Gasteiger partial charge in [0, 0.05) is 5.02 Å². The molecule has 11 heteroatoms. The van der Waals surface area contributed by atoms with Crippen LogP contribution < -0.4 is 11.3 Å². The number of aryl methyl sites for hydroxylation is 1. The zero-order chi connectivity index (χ0) is 25.1. The summed E-state index contributed by atoms with van der Waals surface area (Å²) in [6.45, 7) is 1.79. The van der Waals surface area contributed by atoms with Crippen LogP contribution in [0.2, 0.25) is 5.02 Å². The fraction of sp³-hybridized carbons (Fsp3) is 0.0400. The second-order valence-corrected chi connectivity index (χ2v) is 8.17. The molecule has 2 aromatic heterocycles. The lowest BCUT2D eigenvalue weighted by atomic mass is 10.3. The number of nitrogens with one attached hydrogen (secondary N) is 1. The van der Waals surface area contributed by atoms with E-state index in [9.17, 15) is 4.79 Å². The van der Waals surface area contributed by atoms with Crippen molar-refractivity contribution in [3.8, 4) is 11.4 Å². The van der Waals surface area contributed by atoms with Crippen LogP contribution in [0.15, 0.2) is 110 Å². The average Bonchev–Trinajstić information content (AvgIpc) is 3.37. The predicted molar refractivity (Wildman–Crippen MR) is 139 cm³/mol. The lowest BCUT2D eigenvalue weighted by molar-refractivity contribution is 0.849. The molecule has 0 spiro atoms. The molecule has 0 amide bonds. The predicted octanol–water partition coefficient (Wildman–Crippen LogP) is 6.73. The highest BCUT2D eigenvalue weighted by Crippen LogP contribution is 2.36. The zero-order valence-electron chi connectivity index (χ0n) is 19.1. The van der Waals surface area contributed by atoms with Gasteiger partial charge in [-0.2, -0.15) is 10.2 Å². The summed E-state index contributed by atoms with van der Waals surface area (Å²) in [7, 11) is 0. The second kappa shape index (κ2) is 9.80. The van der Waals surface area contributed by atoms with Crippen molar-refractivity contribution in [2.24, 2.45) is 20.5 Å². The number of azo groups is 2. The van der Waals surface area contributed by atoms with Crippen LogP contribution in [0.4, 0.5) is 28.7 Å². The number of H-pyrrole nitrogens is 1. The zero-order valence-corrected chi connectivity index (χ0v) is 19.8. The highest BCUT2D eigenvalue weighted by atomic mass is 35.5. The van der Waals surface area contributed by atoms with Gasteiger partial charge in [-0.15, -0.1) is 15.3 Å². The SMILES string of the molecule is Cc1nn(-c2ccc(Cl)cc2)c(N=Nc2c(N)[nH]n(-c3ccccc3)c2=O)c1N=Nc1ccccc1. The van der Waals surface area contributed by atoms with Crippen molar-refractivity contribution >= 4 is 40.3 Å². The van der Waals surface area contributed by atoms with Gasteiger partial charge in [0.2, 0.25) is 5.82 Å². The van der Waals surface area contributed by atoms with E-state index in [1.54, 1.807) is 48.0 Å². The number of aromatic nitrogens is 4.